The van der Waals surface area contributed by atoms with Crippen molar-refractivity contribution in [1.29, 1.82) is 0 Å². The number of hydrogen-bond acceptors (Lipinski definition) is 1. The van der Waals surface area contributed by atoms with Crippen LogP contribution in [0.4, 0.5) is 0 Å². The van der Waals surface area contributed by atoms with E-state index in [0.717, 1.165) is 28.0 Å². The predicted molar refractivity (Wildman–Crippen MR) is 81.6 cm³/mol. The van der Waals surface area contributed by atoms with Crippen molar-refractivity contribution in [2.45, 2.75) is 19.2 Å². The van der Waals surface area contributed by atoms with Crippen molar-refractivity contribution in [2.24, 2.45) is 0 Å². The van der Waals surface area contributed by atoms with Crippen molar-refractivity contribution >= 4 is 23.2 Å². The Hall–Kier alpha value is -1.18. The zero-order chi connectivity index (χ0) is 14.0. The SMILES string of the molecule is COc1ccc(C(Cl)c2ccc(C)cc2Cl)c(C)c1. The number of aryl methyl sites for hydroxylation is 2. The minimum absolute atomic E-state index is 0.251. The Kier molecular flexibility index (Phi) is 4.38. The first-order valence-corrected chi connectivity index (χ1v) is 6.89. The summed E-state index contributed by atoms with van der Waals surface area (Å²) >= 11 is 12.8. The van der Waals surface area contributed by atoms with E-state index >= 15 is 0 Å². The van der Waals surface area contributed by atoms with E-state index in [1.54, 1.807) is 7.11 Å². The fourth-order valence-corrected chi connectivity index (χ4v) is 2.90. The van der Waals surface area contributed by atoms with E-state index < -0.39 is 0 Å². The van der Waals surface area contributed by atoms with E-state index in [-0.39, 0.29) is 5.38 Å². The number of alkyl halides is 1. The lowest BCUT2D eigenvalue weighted by Crippen LogP contribution is -1.98. The van der Waals surface area contributed by atoms with Gasteiger partial charge in [0, 0.05) is 5.02 Å². The van der Waals surface area contributed by atoms with Crippen LogP contribution in [0.3, 0.4) is 0 Å². The molecule has 0 aliphatic carbocycles. The molecule has 1 unspecified atom stereocenters. The maximum atomic E-state index is 6.56. The minimum atomic E-state index is -0.251. The number of benzene rings is 2. The standard InChI is InChI=1S/C16H16Cl2O/c1-10-4-6-14(15(17)8-10)16(18)13-7-5-12(19-3)9-11(13)2/h4-9,16H,1-3H3. The van der Waals surface area contributed by atoms with Crippen molar-refractivity contribution < 1.29 is 4.74 Å². The van der Waals surface area contributed by atoms with Gasteiger partial charge in [0.05, 0.1) is 12.5 Å². The van der Waals surface area contributed by atoms with Gasteiger partial charge >= 0.3 is 0 Å². The largest absolute Gasteiger partial charge is 0.497 e. The van der Waals surface area contributed by atoms with Crippen LogP contribution >= 0.6 is 23.2 Å². The van der Waals surface area contributed by atoms with Crippen LogP contribution in [0.5, 0.6) is 5.75 Å². The zero-order valence-corrected chi connectivity index (χ0v) is 12.7. The highest BCUT2D eigenvalue weighted by Gasteiger charge is 2.16. The molecule has 0 radical (unpaired) electrons. The summed E-state index contributed by atoms with van der Waals surface area (Å²) in [4.78, 5) is 0. The first-order valence-electron chi connectivity index (χ1n) is 6.07. The Bertz CT molecular complexity index is 593. The molecule has 0 saturated carbocycles. The number of methoxy groups -OCH3 is 1. The Labute approximate surface area is 124 Å². The summed E-state index contributed by atoms with van der Waals surface area (Å²) in [6.07, 6.45) is 0. The summed E-state index contributed by atoms with van der Waals surface area (Å²) in [5.74, 6) is 0.833. The number of ether oxygens (including phenoxy) is 1. The molecule has 0 fully saturated rings. The van der Waals surface area contributed by atoms with Crippen LogP contribution in [0.1, 0.15) is 27.6 Å². The molecule has 0 saturated heterocycles. The molecular formula is C16H16Cl2O. The Morgan fingerprint density at radius 2 is 1.68 bits per heavy atom. The summed E-state index contributed by atoms with van der Waals surface area (Å²) in [6, 6.07) is 11.8. The van der Waals surface area contributed by atoms with Crippen LogP contribution in [0.25, 0.3) is 0 Å². The molecule has 3 heteroatoms. The minimum Gasteiger partial charge on any atom is -0.497 e. The Morgan fingerprint density at radius 1 is 1.00 bits per heavy atom. The molecule has 100 valence electrons. The summed E-state index contributed by atoms with van der Waals surface area (Å²) in [7, 11) is 1.66. The Balaban J connectivity index is 2.41. The lowest BCUT2D eigenvalue weighted by atomic mass is 9.99. The van der Waals surface area contributed by atoms with E-state index in [9.17, 15) is 0 Å². The maximum Gasteiger partial charge on any atom is 0.119 e. The zero-order valence-electron chi connectivity index (χ0n) is 11.2. The van der Waals surface area contributed by atoms with Gasteiger partial charge in [0.25, 0.3) is 0 Å². The fourth-order valence-electron chi connectivity index (χ4n) is 2.06. The monoisotopic (exact) mass is 294 g/mol. The molecule has 2 aromatic carbocycles. The average molecular weight is 295 g/mol. The molecule has 0 bridgehead atoms. The molecule has 2 rings (SSSR count). The molecule has 0 aliphatic heterocycles. The molecule has 19 heavy (non-hydrogen) atoms. The lowest BCUT2D eigenvalue weighted by Gasteiger charge is -2.16. The summed E-state index contributed by atoms with van der Waals surface area (Å²) in [6.45, 7) is 4.03. The van der Waals surface area contributed by atoms with Crippen LogP contribution in [0.15, 0.2) is 36.4 Å². The number of halogens is 2. The molecule has 1 atom stereocenters. The van der Waals surface area contributed by atoms with Gasteiger partial charge in [0.15, 0.2) is 0 Å². The third-order valence-electron chi connectivity index (χ3n) is 3.18. The van der Waals surface area contributed by atoms with Gasteiger partial charge < -0.3 is 4.74 Å². The van der Waals surface area contributed by atoms with Gasteiger partial charge in [-0.05, 0) is 54.3 Å². The topological polar surface area (TPSA) is 9.23 Å². The average Bonchev–Trinajstić information content (AvgIpc) is 2.37. The molecule has 0 aromatic heterocycles. The normalized spacial score (nSPS) is 12.3. The van der Waals surface area contributed by atoms with Gasteiger partial charge in [-0.3, -0.25) is 0 Å². The molecule has 0 N–H and O–H groups in total. The predicted octanol–water partition coefficient (Wildman–Crippen LogP) is 5.29. The van der Waals surface area contributed by atoms with Crippen molar-refractivity contribution in [1.82, 2.24) is 0 Å². The van der Waals surface area contributed by atoms with E-state index in [4.69, 9.17) is 27.9 Å². The van der Waals surface area contributed by atoms with Crippen LogP contribution in [0, 0.1) is 13.8 Å². The molecule has 0 aliphatic rings. The molecule has 0 spiro atoms. The second-order valence-electron chi connectivity index (χ2n) is 4.61. The van der Waals surface area contributed by atoms with Crippen LogP contribution < -0.4 is 4.74 Å². The van der Waals surface area contributed by atoms with Gasteiger partial charge in [0.2, 0.25) is 0 Å². The third kappa shape index (κ3) is 3.05. The molecule has 0 heterocycles. The van der Waals surface area contributed by atoms with Gasteiger partial charge in [-0.1, -0.05) is 29.8 Å². The van der Waals surface area contributed by atoms with Crippen LogP contribution in [-0.4, -0.2) is 7.11 Å². The second-order valence-corrected chi connectivity index (χ2v) is 5.45. The van der Waals surface area contributed by atoms with E-state index in [1.165, 1.54) is 0 Å². The molecular weight excluding hydrogens is 279 g/mol. The van der Waals surface area contributed by atoms with Gasteiger partial charge in [0.1, 0.15) is 5.75 Å². The van der Waals surface area contributed by atoms with Crippen LogP contribution in [-0.2, 0) is 0 Å². The molecule has 1 nitrogen and oxygen atoms in total. The first-order chi connectivity index (χ1) is 9.02. The van der Waals surface area contributed by atoms with Crippen LogP contribution in [0.2, 0.25) is 5.02 Å². The van der Waals surface area contributed by atoms with Crippen molar-refractivity contribution in [3.63, 3.8) is 0 Å². The summed E-state index contributed by atoms with van der Waals surface area (Å²) < 4.78 is 5.21. The first kappa shape index (κ1) is 14.2. The highest BCUT2D eigenvalue weighted by Crippen LogP contribution is 2.36. The summed E-state index contributed by atoms with van der Waals surface area (Å²) in [5.41, 5.74) is 4.20. The van der Waals surface area contributed by atoms with Crippen molar-refractivity contribution in [3.8, 4) is 5.75 Å². The van der Waals surface area contributed by atoms with E-state index in [2.05, 4.69) is 0 Å². The highest BCUT2D eigenvalue weighted by molar-refractivity contribution is 6.33. The maximum absolute atomic E-state index is 6.56. The highest BCUT2D eigenvalue weighted by atomic mass is 35.5. The third-order valence-corrected chi connectivity index (χ3v) is 3.98. The summed E-state index contributed by atoms with van der Waals surface area (Å²) in [5, 5.41) is 0.453. The number of rotatable bonds is 3. The fraction of sp³-hybridized carbons (Fsp3) is 0.250. The second kappa shape index (κ2) is 5.85. The Morgan fingerprint density at radius 3 is 2.26 bits per heavy atom. The van der Waals surface area contributed by atoms with Crippen molar-refractivity contribution in [2.75, 3.05) is 7.11 Å². The smallest absolute Gasteiger partial charge is 0.119 e. The molecule has 2 aromatic rings. The van der Waals surface area contributed by atoms with E-state index in [0.29, 0.717) is 5.02 Å². The molecule has 0 amide bonds. The lowest BCUT2D eigenvalue weighted by molar-refractivity contribution is 0.414. The quantitative estimate of drug-likeness (QED) is 0.699. The van der Waals surface area contributed by atoms with E-state index in [1.807, 2.05) is 50.2 Å². The van der Waals surface area contributed by atoms with Gasteiger partial charge in [-0.2, -0.15) is 0 Å². The van der Waals surface area contributed by atoms with Crippen molar-refractivity contribution in [3.05, 3.63) is 63.7 Å². The number of hydrogen-bond donors (Lipinski definition) is 0. The van der Waals surface area contributed by atoms with Gasteiger partial charge in [-0.25, -0.2) is 0 Å². The van der Waals surface area contributed by atoms with Gasteiger partial charge in [-0.15, -0.1) is 11.6 Å².